The SMILES string of the molecule is CC(C)C(=O)NCC1CCCN(C(C)c2nnc(-c3ccc([N+](=O)[O-])cc3)o2)C1. The molecular weight excluding hydrogens is 374 g/mol. The normalized spacial score (nSPS) is 18.6. The van der Waals surface area contributed by atoms with Crippen molar-refractivity contribution in [1.82, 2.24) is 20.4 Å². The maximum absolute atomic E-state index is 11.8. The highest BCUT2D eigenvalue weighted by Crippen LogP contribution is 2.28. The number of hydrogen-bond acceptors (Lipinski definition) is 7. The maximum atomic E-state index is 11.8. The van der Waals surface area contributed by atoms with E-state index in [9.17, 15) is 14.9 Å². The minimum atomic E-state index is -0.443. The number of benzene rings is 1. The van der Waals surface area contributed by atoms with Gasteiger partial charge in [0, 0.05) is 36.7 Å². The van der Waals surface area contributed by atoms with Gasteiger partial charge >= 0.3 is 0 Å². The van der Waals surface area contributed by atoms with Crippen LogP contribution in [0.25, 0.3) is 11.5 Å². The van der Waals surface area contributed by atoms with Crippen molar-refractivity contribution >= 4 is 11.6 Å². The van der Waals surface area contributed by atoms with Crippen LogP contribution < -0.4 is 5.32 Å². The lowest BCUT2D eigenvalue weighted by atomic mass is 9.96. The van der Waals surface area contributed by atoms with Crippen LogP contribution in [0.3, 0.4) is 0 Å². The van der Waals surface area contributed by atoms with Crippen LogP contribution in [0.4, 0.5) is 5.69 Å². The number of nitro groups is 1. The quantitative estimate of drug-likeness (QED) is 0.560. The molecule has 9 nitrogen and oxygen atoms in total. The van der Waals surface area contributed by atoms with E-state index in [1.165, 1.54) is 12.1 Å². The fourth-order valence-electron chi connectivity index (χ4n) is 3.47. The molecule has 0 saturated carbocycles. The molecule has 1 aromatic heterocycles. The molecule has 0 bridgehead atoms. The van der Waals surface area contributed by atoms with Gasteiger partial charge in [-0.25, -0.2) is 0 Å². The first-order valence-corrected chi connectivity index (χ1v) is 9.95. The van der Waals surface area contributed by atoms with Crippen LogP contribution in [-0.4, -0.2) is 45.6 Å². The van der Waals surface area contributed by atoms with Gasteiger partial charge in [0.15, 0.2) is 0 Å². The highest BCUT2D eigenvalue weighted by molar-refractivity contribution is 5.77. The minimum absolute atomic E-state index is 0.00940. The molecule has 9 heteroatoms. The Morgan fingerprint density at radius 3 is 2.69 bits per heavy atom. The zero-order chi connectivity index (χ0) is 21.0. The maximum Gasteiger partial charge on any atom is 0.269 e. The number of non-ortho nitro benzene ring substituents is 1. The number of carbonyl (C=O) groups excluding carboxylic acids is 1. The van der Waals surface area contributed by atoms with Gasteiger partial charge in [-0.15, -0.1) is 10.2 Å². The highest BCUT2D eigenvalue weighted by atomic mass is 16.6. The number of nitrogens with one attached hydrogen (secondary N) is 1. The first-order chi connectivity index (χ1) is 13.8. The van der Waals surface area contributed by atoms with Crippen molar-refractivity contribution in [3.8, 4) is 11.5 Å². The van der Waals surface area contributed by atoms with E-state index >= 15 is 0 Å². The van der Waals surface area contributed by atoms with Gasteiger partial charge in [-0.3, -0.25) is 19.8 Å². The molecule has 3 rings (SSSR count). The molecule has 1 aliphatic rings. The van der Waals surface area contributed by atoms with Crippen LogP contribution >= 0.6 is 0 Å². The van der Waals surface area contributed by atoms with Crippen LogP contribution in [0.5, 0.6) is 0 Å². The predicted molar refractivity (Wildman–Crippen MR) is 107 cm³/mol. The van der Waals surface area contributed by atoms with E-state index in [-0.39, 0.29) is 23.6 Å². The van der Waals surface area contributed by atoms with Gasteiger partial charge in [0.25, 0.3) is 5.69 Å². The van der Waals surface area contributed by atoms with Gasteiger partial charge in [-0.05, 0) is 44.4 Å². The zero-order valence-electron chi connectivity index (χ0n) is 17.0. The summed E-state index contributed by atoms with van der Waals surface area (Å²) >= 11 is 0. The number of rotatable bonds is 7. The average molecular weight is 401 g/mol. The summed E-state index contributed by atoms with van der Waals surface area (Å²) in [4.78, 5) is 24.5. The predicted octanol–water partition coefficient (Wildman–Crippen LogP) is 3.19. The van der Waals surface area contributed by atoms with Crippen LogP contribution in [-0.2, 0) is 4.79 Å². The Bertz CT molecular complexity index is 849. The number of piperidine rings is 1. The zero-order valence-corrected chi connectivity index (χ0v) is 17.0. The number of hydrogen-bond donors (Lipinski definition) is 1. The fraction of sp³-hybridized carbons (Fsp3) is 0.550. The Balaban J connectivity index is 1.62. The molecule has 0 radical (unpaired) electrons. The van der Waals surface area contributed by atoms with Crippen LogP contribution in [0.1, 0.15) is 45.5 Å². The summed E-state index contributed by atoms with van der Waals surface area (Å²) in [6.45, 7) is 8.28. The summed E-state index contributed by atoms with van der Waals surface area (Å²) in [7, 11) is 0. The second kappa shape index (κ2) is 9.13. The van der Waals surface area contributed by atoms with Crippen molar-refractivity contribution in [1.29, 1.82) is 0 Å². The number of carbonyl (C=O) groups is 1. The van der Waals surface area contributed by atoms with E-state index in [0.29, 0.717) is 29.8 Å². The highest BCUT2D eigenvalue weighted by Gasteiger charge is 2.28. The molecule has 156 valence electrons. The lowest BCUT2D eigenvalue weighted by molar-refractivity contribution is -0.384. The van der Waals surface area contributed by atoms with Gasteiger partial charge < -0.3 is 9.73 Å². The van der Waals surface area contributed by atoms with Crippen molar-refractivity contribution in [3.63, 3.8) is 0 Å². The van der Waals surface area contributed by atoms with E-state index < -0.39 is 4.92 Å². The van der Waals surface area contributed by atoms with Crippen LogP contribution in [0.2, 0.25) is 0 Å². The van der Waals surface area contributed by atoms with E-state index in [2.05, 4.69) is 20.4 Å². The van der Waals surface area contributed by atoms with Gasteiger partial charge in [-0.2, -0.15) is 0 Å². The molecule has 0 spiro atoms. The molecular formula is C20H27N5O4. The van der Waals surface area contributed by atoms with Crippen molar-refractivity contribution < 1.29 is 14.1 Å². The smallest absolute Gasteiger partial charge is 0.269 e. The number of nitro benzene ring substituents is 1. The third-order valence-corrected chi connectivity index (χ3v) is 5.31. The number of likely N-dealkylation sites (tertiary alicyclic amines) is 1. The number of amides is 1. The monoisotopic (exact) mass is 401 g/mol. The molecule has 2 aromatic rings. The summed E-state index contributed by atoms with van der Waals surface area (Å²) in [5, 5.41) is 22.1. The van der Waals surface area contributed by atoms with E-state index in [0.717, 1.165) is 25.9 Å². The Labute approximate surface area is 169 Å². The van der Waals surface area contributed by atoms with Gasteiger partial charge in [0.2, 0.25) is 17.7 Å². The second-order valence-corrected chi connectivity index (χ2v) is 7.83. The lowest BCUT2D eigenvalue weighted by Gasteiger charge is -2.35. The molecule has 1 saturated heterocycles. The summed E-state index contributed by atoms with van der Waals surface area (Å²) in [6, 6.07) is 6.01. The fourth-order valence-corrected chi connectivity index (χ4v) is 3.47. The molecule has 29 heavy (non-hydrogen) atoms. The van der Waals surface area contributed by atoms with Crippen LogP contribution in [0, 0.1) is 22.0 Å². The molecule has 2 heterocycles. The van der Waals surface area contributed by atoms with Crippen molar-refractivity contribution in [2.45, 2.75) is 39.7 Å². The van der Waals surface area contributed by atoms with E-state index in [1.807, 2.05) is 20.8 Å². The van der Waals surface area contributed by atoms with Gasteiger partial charge in [0.05, 0.1) is 11.0 Å². The lowest BCUT2D eigenvalue weighted by Crippen LogP contribution is -2.42. The molecule has 0 aliphatic carbocycles. The average Bonchev–Trinajstić information content (AvgIpc) is 3.21. The van der Waals surface area contributed by atoms with E-state index in [4.69, 9.17) is 4.42 Å². The Morgan fingerprint density at radius 2 is 2.03 bits per heavy atom. The second-order valence-electron chi connectivity index (χ2n) is 7.83. The van der Waals surface area contributed by atoms with Gasteiger partial charge in [0.1, 0.15) is 0 Å². The molecule has 1 amide bonds. The topological polar surface area (TPSA) is 114 Å². The summed E-state index contributed by atoms with van der Waals surface area (Å²) in [5.74, 6) is 1.33. The number of aromatic nitrogens is 2. The first kappa shape index (κ1) is 20.9. The minimum Gasteiger partial charge on any atom is -0.419 e. The third kappa shape index (κ3) is 5.17. The first-order valence-electron chi connectivity index (χ1n) is 9.95. The largest absolute Gasteiger partial charge is 0.419 e. The molecule has 2 unspecified atom stereocenters. The summed E-state index contributed by atoms with van der Waals surface area (Å²) < 4.78 is 5.85. The third-order valence-electron chi connectivity index (χ3n) is 5.31. The molecule has 1 aromatic carbocycles. The van der Waals surface area contributed by atoms with Crippen molar-refractivity contribution in [2.24, 2.45) is 11.8 Å². The van der Waals surface area contributed by atoms with Crippen LogP contribution in [0.15, 0.2) is 28.7 Å². The summed E-state index contributed by atoms with van der Waals surface area (Å²) in [6.07, 6.45) is 2.13. The molecule has 2 atom stereocenters. The van der Waals surface area contributed by atoms with Gasteiger partial charge in [-0.1, -0.05) is 13.8 Å². The molecule has 1 aliphatic heterocycles. The standard InChI is InChI=1S/C20H27N5O4/c1-13(2)18(26)21-11-15-5-4-10-24(12-15)14(3)19-22-23-20(29-19)16-6-8-17(9-7-16)25(27)28/h6-9,13-15H,4-5,10-12H2,1-3H3,(H,21,26). The van der Waals surface area contributed by atoms with Crippen molar-refractivity contribution in [2.75, 3.05) is 19.6 Å². The number of nitrogens with zero attached hydrogens (tertiary/aromatic N) is 4. The Kier molecular flexibility index (Phi) is 6.58. The molecule has 1 N–H and O–H groups in total. The Hall–Kier alpha value is -2.81. The van der Waals surface area contributed by atoms with E-state index in [1.54, 1.807) is 12.1 Å². The Morgan fingerprint density at radius 1 is 1.31 bits per heavy atom. The summed E-state index contributed by atoms with van der Waals surface area (Å²) in [5.41, 5.74) is 0.667. The van der Waals surface area contributed by atoms with Crippen molar-refractivity contribution in [3.05, 3.63) is 40.3 Å². The molecule has 1 fully saturated rings.